The van der Waals surface area contributed by atoms with Crippen LogP contribution in [-0.2, 0) is 10.0 Å². The van der Waals surface area contributed by atoms with Crippen LogP contribution < -0.4 is 4.72 Å². The number of alkyl halides is 1. The smallest absolute Gasteiger partial charge is 0.211 e. The highest BCUT2D eigenvalue weighted by molar-refractivity contribution is 9.09. The molecule has 2 atom stereocenters. The Bertz CT molecular complexity index is 266. The molecule has 1 aliphatic rings. The van der Waals surface area contributed by atoms with Crippen molar-refractivity contribution in [1.29, 1.82) is 0 Å². The minimum Gasteiger partial charge on any atom is -0.212 e. The molecule has 5 heteroatoms. The van der Waals surface area contributed by atoms with E-state index < -0.39 is 10.0 Å². The second-order valence-corrected chi connectivity index (χ2v) is 7.00. The van der Waals surface area contributed by atoms with Crippen molar-refractivity contribution in [1.82, 2.24) is 4.72 Å². The summed E-state index contributed by atoms with van der Waals surface area (Å²) in [6, 6.07) is 0.0856. The molecule has 1 aliphatic carbocycles. The van der Waals surface area contributed by atoms with Gasteiger partial charge in [-0.2, -0.15) is 0 Å². The Morgan fingerprint density at radius 3 is 2.57 bits per heavy atom. The van der Waals surface area contributed by atoms with Gasteiger partial charge in [-0.25, -0.2) is 13.1 Å². The van der Waals surface area contributed by atoms with Crippen molar-refractivity contribution in [2.75, 3.05) is 5.75 Å². The molecule has 2 unspecified atom stereocenters. The summed E-state index contributed by atoms with van der Waals surface area (Å²) < 4.78 is 25.5. The maximum Gasteiger partial charge on any atom is 0.211 e. The van der Waals surface area contributed by atoms with Crippen molar-refractivity contribution >= 4 is 26.0 Å². The van der Waals surface area contributed by atoms with E-state index in [-0.39, 0.29) is 11.8 Å². The van der Waals surface area contributed by atoms with Gasteiger partial charge in [-0.1, -0.05) is 35.2 Å². The number of hydrogen-bond donors (Lipinski definition) is 1. The van der Waals surface area contributed by atoms with Gasteiger partial charge in [-0.3, -0.25) is 0 Å². The Labute approximate surface area is 94.8 Å². The first-order valence-electron chi connectivity index (χ1n) is 5.19. The molecule has 0 saturated heterocycles. The fourth-order valence-electron chi connectivity index (χ4n) is 1.71. The molecule has 0 heterocycles. The standard InChI is InChI=1S/C9H18BrNO2S/c1-2-14(12,13)11-9-7-5-3-4-6-8(9)10/h8-9,11H,2-7H2,1H3. The zero-order chi connectivity index (χ0) is 10.6. The molecule has 0 aromatic rings. The largest absolute Gasteiger partial charge is 0.212 e. The third-order valence-corrected chi connectivity index (χ3v) is 5.16. The minimum atomic E-state index is -3.05. The molecule has 0 aromatic heterocycles. The average Bonchev–Trinajstić information content (AvgIpc) is 2.32. The van der Waals surface area contributed by atoms with Crippen LogP contribution in [0, 0.1) is 0 Å². The molecule has 1 fully saturated rings. The van der Waals surface area contributed by atoms with Crippen LogP contribution in [0.3, 0.4) is 0 Å². The highest BCUT2D eigenvalue weighted by Gasteiger charge is 2.24. The SMILES string of the molecule is CCS(=O)(=O)NC1CCCCCC1Br. The number of nitrogens with one attached hydrogen (secondary N) is 1. The van der Waals surface area contributed by atoms with Crippen molar-refractivity contribution in [3.63, 3.8) is 0 Å². The maximum atomic E-state index is 11.4. The Morgan fingerprint density at radius 1 is 1.29 bits per heavy atom. The van der Waals surface area contributed by atoms with Gasteiger partial charge in [-0.05, 0) is 19.8 Å². The second-order valence-electron chi connectivity index (χ2n) is 3.78. The summed E-state index contributed by atoms with van der Waals surface area (Å²) >= 11 is 3.56. The van der Waals surface area contributed by atoms with E-state index in [2.05, 4.69) is 20.7 Å². The van der Waals surface area contributed by atoms with Gasteiger partial charge < -0.3 is 0 Å². The molecule has 0 spiro atoms. The van der Waals surface area contributed by atoms with Crippen molar-refractivity contribution in [2.45, 2.75) is 49.9 Å². The van der Waals surface area contributed by atoms with E-state index in [0.29, 0.717) is 4.83 Å². The molecule has 14 heavy (non-hydrogen) atoms. The Balaban J connectivity index is 2.57. The number of sulfonamides is 1. The van der Waals surface area contributed by atoms with E-state index in [1.54, 1.807) is 6.92 Å². The third-order valence-electron chi connectivity index (χ3n) is 2.64. The van der Waals surface area contributed by atoms with Crippen molar-refractivity contribution in [3.05, 3.63) is 0 Å². The molecule has 0 amide bonds. The molecule has 0 aliphatic heterocycles. The molecule has 1 rings (SSSR count). The lowest BCUT2D eigenvalue weighted by Gasteiger charge is -2.20. The highest BCUT2D eigenvalue weighted by atomic mass is 79.9. The molecule has 3 nitrogen and oxygen atoms in total. The van der Waals surface area contributed by atoms with Crippen molar-refractivity contribution in [2.24, 2.45) is 0 Å². The van der Waals surface area contributed by atoms with Gasteiger partial charge in [0.25, 0.3) is 0 Å². The summed E-state index contributed by atoms with van der Waals surface area (Å²) in [5.74, 6) is 0.170. The predicted octanol–water partition coefficient (Wildman–Crippen LogP) is 2.02. The monoisotopic (exact) mass is 283 g/mol. The van der Waals surface area contributed by atoms with E-state index in [0.717, 1.165) is 19.3 Å². The third kappa shape index (κ3) is 3.87. The summed E-state index contributed by atoms with van der Waals surface area (Å²) in [7, 11) is -3.05. The van der Waals surface area contributed by atoms with Crippen LogP contribution in [0.4, 0.5) is 0 Å². The van der Waals surface area contributed by atoms with Gasteiger partial charge >= 0.3 is 0 Å². The fourth-order valence-corrected chi connectivity index (χ4v) is 3.51. The lowest BCUT2D eigenvalue weighted by atomic mass is 10.1. The van der Waals surface area contributed by atoms with Crippen LogP contribution in [-0.4, -0.2) is 25.0 Å². The van der Waals surface area contributed by atoms with Crippen molar-refractivity contribution in [3.8, 4) is 0 Å². The van der Waals surface area contributed by atoms with Gasteiger partial charge in [0.2, 0.25) is 10.0 Å². The molecular formula is C9H18BrNO2S. The highest BCUT2D eigenvalue weighted by Crippen LogP contribution is 2.24. The van der Waals surface area contributed by atoms with Gasteiger partial charge in [0.05, 0.1) is 5.75 Å². The van der Waals surface area contributed by atoms with Crippen LogP contribution in [0.2, 0.25) is 0 Å². The molecule has 0 aromatic carbocycles. The maximum absolute atomic E-state index is 11.4. The van der Waals surface area contributed by atoms with E-state index in [9.17, 15) is 8.42 Å². The van der Waals surface area contributed by atoms with E-state index in [4.69, 9.17) is 0 Å². The Hall–Kier alpha value is 0.390. The molecule has 1 saturated carbocycles. The van der Waals surface area contributed by atoms with Gasteiger partial charge in [0, 0.05) is 10.9 Å². The van der Waals surface area contributed by atoms with Crippen LogP contribution in [0.5, 0.6) is 0 Å². The second kappa shape index (κ2) is 5.47. The Kier molecular flexibility index (Phi) is 4.87. The zero-order valence-electron chi connectivity index (χ0n) is 8.50. The normalized spacial score (nSPS) is 29.9. The Morgan fingerprint density at radius 2 is 1.93 bits per heavy atom. The number of rotatable bonds is 3. The van der Waals surface area contributed by atoms with Gasteiger partial charge in [-0.15, -0.1) is 0 Å². The molecule has 0 bridgehead atoms. The fraction of sp³-hybridized carbons (Fsp3) is 1.00. The topological polar surface area (TPSA) is 46.2 Å². The summed E-state index contributed by atoms with van der Waals surface area (Å²) in [5.41, 5.74) is 0. The summed E-state index contributed by atoms with van der Waals surface area (Å²) in [4.78, 5) is 0.298. The van der Waals surface area contributed by atoms with E-state index >= 15 is 0 Å². The van der Waals surface area contributed by atoms with Gasteiger partial charge in [0.15, 0.2) is 0 Å². The molecular weight excluding hydrogens is 266 g/mol. The van der Waals surface area contributed by atoms with E-state index in [1.165, 1.54) is 12.8 Å². The van der Waals surface area contributed by atoms with Crippen LogP contribution in [0.25, 0.3) is 0 Å². The average molecular weight is 284 g/mol. The van der Waals surface area contributed by atoms with Crippen LogP contribution in [0.15, 0.2) is 0 Å². The first-order chi connectivity index (χ1) is 6.55. The minimum absolute atomic E-state index is 0.0856. The first-order valence-corrected chi connectivity index (χ1v) is 7.76. The quantitative estimate of drug-likeness (QED) is 0.636. The zero-order valence-corrected chi connectivity index (χ0v) is 10.9. The predicted molar refractivity (Wildman–Crippen MR) is 62.2 cm³/mol. The summed E-state index contributed by atoms with van der Waals surface area (Å²) in [5, 5.41) is 0. The molecule has 84 valence electrons. The van der Waals surface area contributed by atoms with Crippen LogP contribution in [0.1, 0.15) is 39.0 Å². The number of halogens is 1. The summed E-state index contributed by atoms with van der Waals surface area (Å²) in [6.45, 7) is 1.67. The lowest BCUT2D eigenvalue weighted by molar-refractivity contribution is 0.521. The number of hydrogen-bond acceptors (Lipinski definition) is 2. The summed E-state index contributed by atoms with van der Waals surface area (Å²) in [6.07, 6.45) is 5.55. The molecule has 0 radical (unpaired) electrons. The van der Waals surface area contributed by atoms with E-state index in [1.807, 2.05) is 0 Å². The van der Waals surface area contributed by atoms with Crippen LogP contribution >= 0.6 is 15.9 Å². The lowest BCUT2D eigenvalue weighted by Crippen LogP contribution is -2.40. The molecule has 1 N–H and O–H groups in total. The van der Waals surface area contributed by atoms with Gasteiger partial charge in [0.1, 0.15) is 0 Å². The van der Waals surface area contributed by atoms with Crippen molar-refractivity contribution < 1.29 is 8.42 Å². The first kappa shape index (κ1) is 12.5.